The molecule has 1 aromatic carbocycles. The van der Waals surface area contributed by atoms with E-state index in [1.165, 1.54) is 0 Å². The van der Waals surface area contributed by atoms with Crippen LogP contribution in [0.25, 0.3) is 11.0 Å². The first kappa shape index (κ1) is 12.5. The third kappa shape index (κ3) is 2.45. The maximum absolute atomic E-state index is 11.7. The number of nitrogens with one attached hydrogen (secondary N) is 1. The Bertz CT molecular complexity index is 562. The first-order chi connectivity index (χ1) is 9.28. The minimum Gasteiger partial charge on any atom is -0.342 e. The van der Waals surface area contributed by atoms with Crippen molar-refractivity contribution in [3.63, 3.8) is 0 Å². The van der Waals surface area contributed by atoms with Gasteiger partial charge in [-0.15, -0.1) is 11.6 Å². The smallest absolute Gasteiger partial charge is 0.237 e. The number of halogens is 1. The monoisotopic (exact) mass is 277 g/mol. The quantitative estimate of drug-likeness (QED) is 0.858. The first-order valence-electron chi connectivity index (χ1n) is 6.56. The van der Waals surface area contributed by atoms with Gasteiger partial charge >= 0.3 is 0 Å². The molecule has 1 fully saturated rings. The van der Waals surface area contributed by atoms with Crippen molar-refractivity contribution >= 4 is 28.5 Å². The second-order valence-electron chi connectivity index (χ2n) is 4.95. The molecule has 2 aromatic rings. The van der Waals surface area contributed by atoms with Crippen LogP contribution in [0.1, 0.15) is 24.6 Å². The Morgan fingerprint density at radius 1 is 1.47 bits per heavy atom. The number of hydrogen-bond donors (Lipinski definition) is 1. The van der Waals surface area contributed by atoms with E-state index in [-0.39, 0.29) is 17.7 Å². The van der Waals surface area contributed by atoms with E-state index >= 15 is 0 Å². The van der Waals surface area contributed by atoms with E-state index in [1.54, 1.807) is 0 Å². The number of benzene rings is 1. The van der Waals surface area contributed by atoms with E-state index in [9.17, 15) is 4.79 Å². The van der Waals surface area contributed by atoms with Crippen molar-refractivity contribution in [2.75, 3.05) is 19.0 Å². The van der Waals surface area contributed by atoms with Crippen molar-refractivity contribution in [1.29, 1.82) is 0 Å². The Kier molecular flexibility index (Phi) is 3.42. The predicted octanol–water partition coefficient (Wildman–Crippen LogP) is 2.51. The molecule has 19 heavy (non-hydrogen) atoms. The van der Waals surface area contributed by atoms with E-state index in [2.05, 4.69) is 9.97 Å². The molecule has 0 spiro atoms. The number of imidazole rings is 1. The van der Waals surface area contributed by atoms with Crippen LogP contribution in [0.4, 0.5) is 0 Å². The topological polar surface area (TPSA) is 49.0 Å². The summed E-state index contributed by atoms with van der Waals surface area (Å²) in [6.45, 7) is 1.52. The van der Waals surface area contributed by atoms with Crippen molar-refractivity contribution in [3.05, 3.63) is 30.1 Å². The van der Waals surface area contributed by atoms with E-state index < -0.39 is 0 Å². The second kappa shape index (κ2) is 5.21. The molecule has 0 radical (unpaired) electrons. The number of likely N-dealkylation sites (tertiary alicyclic amines) is 1. The highest BCUT2D eigenvalue weighted by molar-refractivity contribution is 6.27. The molecule has 1 unspecified atom stereocenters. The average molecular weight is 278 g/mol. The van der Waals surface area contributed by atoms with Gasteiger partial charge in [0.25, 0.3) is 0 Å². The molecule has 0 bridgehead atoms. The molecule has 1 atom stereocenters. The van der Waals surface area contributed by atoms with Gasteiger partial charge in [0.1, 0.15) is 11.7 Å². The maximum atomic E-state index is 11.7. The van der Waals surface area contributed by atoms with E-state index in [4.69, 9.17) is 11.6 Å². The number of fused-ring (bicyclic) bond motifs is 1. The molecule has 1 aromatic heterocycles. The van der Waals surface area contributed by atoms with Gasteiger partial charge in [0.05, 0.1) is 11.0 Å². The van der Waals surface area contributed by atoms with Crippen molar-refractivity contribution in [2.45, 2.75) is 18.8 Å². The summed E-state index contributed by atoms with van der Waals surface area (Å²) < 4.78 is 0. The Labute approximate surface area is 116 Å². The highest BCUT2D eigenvalue weighted by Crippen LogP contribution is 2.26. The van der Waals surface area contributed by atoms with Crippen molar-refractivity contribution in [3.8, 4) is 0 Å². The summed E-state index contributed by atoms with van der Waals surface area (Å²) in [5, 5.41) is 0. The lowest BCUT2D eigenvalue weighted by molar-refractivity contribution is -0.129. The van der Waals surface area contributed by atoms with Gasteiger partial charge in [-0.2, -0.15) is 0 Å². The molecule has 100 valence electrons. The van der Waals surface area contributed by atoms with Crippen LogP contribution in [0.2, 0.25) is 0 Å². The molecule has 4 nitrogen and oxygen atoms in total. The number of rotatable bonds is 2. The summed E-state index contributed by atoms with van der Waals surface area (Å²) in [5.74, 6) is 1.34. The molecule has 1 aliphatic rings. The molecular weight excluding hydrogens is 262 g/mol. The third-order valence-electron chi connectivity index (χ3n) is 3.68. The number of nitrogens with zero attached hydrogens (tertiary/aromatic N) is 2. The highest BCUT2D eigenvalue weighted by atomic mass is 35.5. The molecule has 0 aliphatic carbocycles. The minimum absolute atomic E-state index is 0.0162. The summed E-state index contributed by atoms with van der Waals surface area (Å²) in [5.41, 5.74) is 2.04. The number of aromatic nitrogens is 2. The number of carbonyl (C=O) groups excluding carboxylic acids is 1. The van der Waals surface area contributed by atoms with Crippen LogP contribution in [0.15, 0.2) is 24.3 Å². The first-order valence-corrected chi connectivity index (χ1v) is 7.10. The summed E-state index contributed by atoms with van der Waals surface area (Å²) in [6, 6.07) is 8.00. The highest BCUT2D eigenvalue weighted by Gasteiger charge is 2.26. The van der Waals surface area contributed by atoms with Gasteiger partial charge in [-0.3, -0.25) is 4.79 Å². The zero-order chi connectivity index (χ0) is 13.2. The van der Waals surface area contributed by atoms with Gasteiger partial charge in [-0.05, 0) is 25.0 Å². The summed E-state index contributed by atoms with van der Waals surface area (Å²) in [7, 11) is 0. The molecule has 5 heteroatoms. The van der Waals surface area contributed by atoms with Crippen molar-refractivity contribution in [2.24, 2.45) is 0 Å². The summed E-state index contributed by atoms with van der Waals surface area (Å²) >= 11 is 5.63. The Hall–Kier alpha value is -1.55. The number of piperidine rings is 1. The number of para-hydroxylation sites is 2. The number of carbonyl (C=O) groups is 1. The van der Waals surface area contributed by atoms with Gasteiger partial charge < -0.3 is 9.88 Å². The average Bonchev–Trinajstić information content (AvgIpc) is 2.90. The molecule has 0 saturated carbocycles. The van der Waals surface area contributed by atoms with Crippen LogP contribution in [0.5, 0.6) is 0 Å². The molecule has 1 saturated heterocycles. The van der Waals surface area contributed by atoms with E-state index in [1.807, 2.05) is 29.2 Å². The third-order valence-corrected chi connectivity index (χ3v) is 3.91. The largest absolute Gasteiger partial charge is 0.342 e. The Morgan fingerprint density at radius 2 is 2.32 bits per heavy atom. The van der Waals surface area contributed by atoms with Gasteiger partial charge in [-0.25, -0.2) is 4.98 Å². The fourth-order valence-corrected chi connectivity index (χ4v) is 2.85. The SMILES string of the molecule is O=C(CCl)N1CCCC(c2nc3ccccc3[nH]2)C1. The molecule has 1 aliphatic heterocycles. The molecule has 2 heterocycles. The Morgan fingerprint density at radius 3 is 3.11 bits per heavy atom. The van der Waals surface area contributed by atoms with E-state index in [0.29, 0.717) is 6.54 Å². The standard InChI is InChI=1S/C14H16ClN3O/c15-8-13(19)18-7-3-4-10(9-18)14-16-11-5-1-2-6-12(11)17-14/h1-2,5-6,10H,3-4,7-9H2,(H,16,17). The summed E-state index contributed by atoms with van der Waals surface area (Å²) in [6.07, 6.45) is 2.07. The fourth-order valence-electron chi connectivity index (χ4n) is 2.68. The molecule has 1 amide bonds. The van der Waals surface area contributed by atoms with Gasteiger partial charge in [0, 0.05) is 19.0 Å². The lowest BCUT2D eigenvalue weighted by Gasteiger charge is -2.31. The van der Waals surface area contributed by atoms with Crippen molar-refractivity contribution < 1.29 is 4.79 Å². The van der Waals surface area contributed by atoms with Gasteiger partial charge in [0.15, 0.2) is 0 Å². The van der Waals surface area contributed by atoms with Gasteiger partial charge in [-0.1, -0.05) is 12.1 Å². The normalized spacial score (nSPS) is 19.8. The number of alkyl halides is 1. The zero-order valence-corrected chi connectivity index (χ0v) is 11.4. The van der Waals surface area contributed by atoms with Crippen LogP contribution in [-0.2, 0) is 4.79 Å². The van der Waals surface area contributed by atoms with Crippen LogP contribution < -0.4 is 0 Å². The fraction of sp³-hybridized carbons (Fsp3) is 0.429. The van der Waals surface area contributed by atoms with Crippen LogP contribution in [0.3, 0.4) is 0 Å². The minimum atomic E-state index is 0.0162. The maximum Gasteiger partial charge on any atom is 0.237 e. The molecule has 1 N–H and O–H groups in total. The number of aromatic amines is 1. The number of H-pyrrole nitrogens is 1. The number of amides is 1. The van der Waals surface area contributed by atoms with Crippen LogP contribution >= 0.6 is 11.6 Å². The van der Waals surface area contributed by atoms with E-state index in [0.717, 1.165) is 36.2 Å². The lowest BCUT2D eigenvalue weighted by Crippen LogP contribution is -2.40. The molecule has 3 rings (SSSR count). The predicted molar refractivity (Wildman–Crippen MR) is 75.4 cm³/mol. The van der Waals surface area contributed by atoms with Crippen LogP contribution in [-0.4, -0.2) is 39.7 Å². The zero-order valence-electron chi connectivity index (χ0n) is 10.6. The molecular formula is C14H16ClN3O. The summed E-state index contributed by atoms with van der Waals surface area (Å²) in [4.78, 5) is 21.5. The van der Waals surface area contributed by atoms with Crippen molar-refractivity contribution in [1.82, 2.24) is 14.9 Å². The second-order valence-corrected chi connectivity index (χ2v) is 5.22. The lowest BCUT2D eigenvalue weighted by atomic mass is 9.97. The Balaban J connectivity index is 1.83. The number of hydrogen-bond acceptors (Lipinski definition) is 2. The van der Waals surface area contributed by atoms with Gasteiger partial charge in [0.2, 0.25) is 5.91 Å². The van der Waals surface area contributed by atoms with Crippen LogP contribution in [0, 0.1) is 0 Å².